The fourth-order valence-electron chi connectivity index (χ4n) is 2.84. The third kappa shape index (κ3) is 3.26. The van der Waals surface area contributed by atoms with E-state index in [1.54, 1.807) is 0 Å². The van der Waals surface area contributed by atoms with E-state index in [0.29, 0.717) is 16.5 Å². The molecule has 2 heterocycles. The lowest BCUT2D eigenvalue weighted by molar-refractivity contribution is -0.121. The van der Waals surface area contributed by atoms with Crippen LogP contribution in [0.1, 0.15) is 35.8 Å². The van der Waals surface area contributed by atoms with Crippen molar-refractivity contribution < 1.29 is 9.59 Å². The van der Waals surface area contributed by atoms with Crippen LogP contribution in [-0.2, 0) is 22.4 Å². The number of aliphatic imine (C=N–C) groups is 1. The van der Waals surface area contributed by atoms with Crippen LogP contribution in [0, 0.1) is 17.2 Å². The standard InChI is InChI=1S/C15H16N4O2S2/c1-7-2-3-8-9(6-16)14(22-10(8)4-7)18-12(20)5-11-13(21)19-15(17)23-11/h7,11H,2-5H2,1H3,(H,18,20)(H2,17,19,21). The molecule has 1 aliphatic carbocycles. The molecule has 6 nitrogen and oxygen atoms in total. The average molecular weight is 348 g/mol. The molecular weight excluding hydrogens is 332 g/mol. The van der Waals surface area contributed by atoms with Crippen molar-refractivity contribution in [3.8, 4) is 6.07 Å². The minimum absolute atomic E-state index is 0.0114. The summed E-state index contributed by atoms with van der Waals surface area (Å²) in [6.07, 6.45) is 2.91. The van der Waals surface area contributed by atoms with Gasteiger partial charge in [0, 0.05) is 11.3 Å². The number of thioether (sulfide) groups is 1. The smallest absolute Gasteiger partial charge is 0.262 e. The number of nitrogens with zero attached hydrogens (tertiary/aromatic N) is 2. The Bertz CT molecular complexity index is 747. The fourth-order valence-corrected chi connectivity index (χ4v) is 5.04. The van der Waals surface area contributed by atoms with Crippen LogP contribution in [0.4, 0.5) is 5.00 Å². The van der Waals surface area contributed by atoms with Gasteiger partial charge in [0.25, 0.3) is 5.91 Å². The number of nitrogens with two attached hydrogens (primary N) is 1. The molecule has 23 heavy (non-hydrogen) atoms. The van der Waals surface area contributed by atoms with E-state index in [1.807, 2.05) is 0 Å². The Morgan fingerprint density at radius 2 is 2.35 bits per heavy atom. The molecule has 2 unspecified atom stereocenters. The number of nitriles is 1. The average Bonchev–Trinajstić information content (AvgIpc) is 2.97. The van der Waals surface area contributed by atoms with Crippen LogP contribution in [0.3, 0.4) is 0 Å². The number of amides is 2. The molecule has 0 radical (unpaired) electrons. The van der Waals surface area contributed by atoms with Gasteiger partial charge in [-0.2, -0.15) is 10.3 Å². The van der Waals surface area contributed by atoms with Crippen molar-refractivity contribution in [2.75, 3.05) is 5.32 Å². The van der Waals surface area contributed by atoms with Crippen molar-refractivity contribution in [2.24, 2.45) is 16.6 Å². The van der Waals surface area contributed by atoms with E-state index in [0.717, 1.165) is 36.6 Å². The summed E-state index contributed by atoms with van der Waals surface area (Å²) in [4.78, 5) is 28.6. The summed E-state index contributed by atoms with van der Waals surface area (Å²) in [5.41, 5.74) is 7.14. The lowest BCUT2D eigenvalue weighted by atomic mass is 9.88. The maximum atomic E-state index is 12.2. The van der Waals surface area contributed by atoms with Crippen molar-refractivity contribution in [3.05, 3.63) is 16.0 Å². The van der Waals surface area contributed by atoms with Crippen molar-refractivity contribution in [1.29, 1.82) is 5.26 Å². The number of thiophene rings is 1. The molecule has 0 saturated heterocycles. The molecule has 8 heteroatoms. The predicted octanol–water partition coefficient (Wildman–Crippen LogP) is 2.03. The van der Waals surface area contributed by atoms with Crippen LogP contribution < -0.4 is 11.1 Å². The second-order valence-electron chi connectivity index (χ2n) is 5.81. The number of amidine groups is 1. The lowest BCUT2D eigenvalue weighted by Gasteiger charge is -2.17. The number of hydrogen-bond acceptors (Lipinski definition) is 6. The number of anilines is 1. The first-order chi connectivity index (χ1) is 11.0. The van der Waals surface area contributed by atoms with Gasteiger partial charge in [-0.25, -0.2) is 0 Å². The fraction of sp³-hybridized carbons (Fsp3) is 0.467. The van der Waals surface area contributed by atoms with E-state index in [-0.39, 0.29) is 23.4 Å². The van der Waals surface area contributed by atoms with Crippen molar-refractivity contribution in [2.45, 2.75) is 37.9 Å². The monoisotopic (exact) mass is 348 g/mol. The molecule has 2 aliphatic rings. The highest BCUT2D eigenvalue weighted by atomic mass is 32.2. The molecule has 0 saturated carbocycles. The van der Waals surface area contributed by atoms with Crippen LogP contribution >= 0.6 is 23.1 Å². The number of rotatable bonds is 3. The molecule has 0 spiro atoms. The number of carbonyl (C=O) groups is 2. The second kappa shape index (κ2) is 6.34. The maximum Gasteiger partial charge on any atom is 0.262 e. The molecule has 0 aromatic carbocycles. The Kier molecular flexibility index (Phi) is 4.41. The quantitative estimate of drug-likeness (QED) is 0.869. The van der Waals surface area contributed by atoms with E-state index in [1.165, 1.54) is 16.2 Å². The van der Waals surface area contributed by atoms with Crippen LogP contribution in [0.25, 0.3) is 0 Å². The van der Waals surface area contributed by atoms with E-state index < -0.39 is 5.25 Å². The van der Waals surface area contributed by atoms with Crippen molar-refractivity contribution in [3.63, 3.8) is 0 Å². The zero-order valence-corrected chi connectivity index (χ0v) is 14.2. The number of nitrogens with one attached hydrogen (secondary N) is 1. The molecule has 1 aromatic rings. The van der Waals surface area contributed by atoms with Gasteiger partial charge in [0.05, 0.1) is 5.56 Å². The van der Waals surface area contributed by atoms with Gasteiger partial charge >= 0.3 is 0 Å². The van der Waals surface area contributed by atoms with E-state index in [4.69, 9.17) is 5.73 Å². The van der Waals surface area contributed by atoms with Gasteiger partial charge in [-0.05, 0) is 30.7 Å². The molecular formula is C15H16N4O2S2. The van der Waals surface area contributed by atoms with Crippen LogP contribution in [0.5, 0.6) is 0 Å². The molecule has 3 N–H and O–H groups in total. The predicted molar refractivity (Wildman–Crippen MR) is 91.5 cm³/mol. The molecule has 0 bridgehead atoms. The van der Waals surface area contributed by atoms with Gasteiger partial charge in [0.15, 0.2) is 5.17 Å². The SMILES string of the molecule is CC1CCc2c(sc(NC(=O)CC3SC(N)=NC3=O)c2C#N)C1. The highest BCUT2D eigenvalue weighted by Crippen LogP contribution is 2.39. The summed E-state index contributed by atoms with van der Waals surface area (Å²) in [7, 11) is 0. The Morgan fingerprint density at radius 1 is 1.57 bits per heavy atom. The van der Waals surface area contributed by atoms with E-state index >= 15 is 0 Å². The first-order valence-corrected chi connectivity index (χ1v) is 9.06. The Morgan fingerprint density at radius 3 is 3.00 bits per heavy atom. The van der Waals surface area contributed by atoms with Crippen molar-refractivity contribution >= 4 is 45.1 Å². The minimum atomic E-state index is -0.560. The molecule has 1 aliphatic heterocycles. The Balaban J connectivity index is 1.72. The van der Waals surface area contributed by atoms with Gasteiger partial charge in [0.2, 0.25) is 5.91 Å². The number of fused-ring (bicyclic) bond motifs is 1. The van der Waals surface area contributed by atoms with Crippen molar-refractivity contribution in [1.82, 2.24) is 0 Å². The normalized spacial score (nSPS) is 23.1. The lowest BCUT2D eigenvalue weighted by Crippen LogP contribution is -2.21. The molecule has 3 rings (SSSR count). The van der Waals surface area contributed by atoms with Crippen LogP contribution in [0.15, 0.2) is 4.99 Å². The van der Waals surface area contributed by atoms with Gasteiger partial charge in [0.1, 0.15) is 16.3 Å². The zero-order valence-electron chi connectivity index (χ0n) is 12.6. The largest absolute Gasteiger partial charge is 0.378 e. The second-order valence-corrected chi connectivity index (χ2v) is 8.14. The number of carbonyl (C=O) groups excluding carboxylic acids is 2. The minimum Gasteiger partial charge on any atom is -0.378 e. The molecule has 1 aromatic heterocycles. The highest BCUT2D eigenvalue weighted by molar-refractivity contribution is 8.15. The third-order valence-corrected chi connectivity index (χ3v) is 6.16. The van der Waals surface area contributed by atoms with Crippen LogP contribution in [0.2, 0.25) is 0 Å². The maximum absolute atomic E-state index is 12.2. The summed E-state index contributed by atoms with van der Waals surface area (Å²) in [6.45, 7) is 2.19. The molecule has 120 valence electrons. The number of hydrogen-bond donors (Lipinski definition) is 2. The molecule has 2 atom stereocenters. The summed E-state index contributed by atoms with van der Waals surface area (Å²) in [6, 6.07) is 2.21. The Labute approximate surface area is 142 Å². The van der Waals surface area contributed by atoms with E-state index in [9.17, 15) is 14.9 Å². The Hall–Kier alpha value is -1.85. The van der Waals surface area contributed by atoms with Gasteiger partial charge in [-0.15, -0.1) is 11.3 Å². The summed E-state index contributed by atoms with van der Waals surface area (Å²) in [5.74, 6) is -0.0600. The van der Waals surface area contributed by atoms with Gasteiger partial charge in [-0.1, -0.05) is 18.7 Å². The molecule has 0 fully saturated rings. The van der Waals surface area contributed by atoms with Crippen LogP contribution in [-0.4, -0.2) is 22.2 Å². The summed E-state index contributed by atoms with van der Waals surface area (Å²) < 4.78 is 0. The summed E-state index contributed by atoms with van der Waals surface area (Å²) >= 11 is 2.58. The van der Waals surface area contributed by atoms with E-state index in [2.05, 4.69) is 23.3 Å². The first-order valence-electron chi connectivity index (χ1n) is 7.37. The molecule has 2 amide bonds. The van der Waals surface area contributed by atoms with Gasteiger partial charge in [-0.3, -0.25) is 9.59 Å². The third-order valence-electron chi connectivity index (χ3n) is 4.01. The zero-order chi connectivity index (χ0) is 16.6. The van der Waals surface area contributed by atoms with Gasteiger partial charge < -0.3 is 11.1 Å². The topological polar surface area (TPSA) is 108 Å². The first kappa shape index (κ1) is 16.0. The summed E-state index contributed by atoms with van der Waals surface area (Å²) in [5, 5.41) is 12.4. The highest BCUT2D eigenvalue weighted by Gasteiger charge is 2.30.